The molecule has 3 atom stereocenters. The molecule has 0 saturated heterocycles. The van der Waals surface area contributed by atoms with Crippen LogP contribution in [0, 0.1) is 11.8 Å². The van der Waals surface area contributed by atoms with Crippen LogP contribution in [-0.2, 0) is 38.5 Å². The number of carbonyl (C=O) groups excluding carboxylic acids is 3. The van der Waals surface area contributed by atoms with Gasteiger partial charge in [-0.05, 0) is 48.8 Å². The summed E-state index contributed by atoms with van der Waals surface area (Å²) in [4.78, 5) is 41.9. The summed E-state index contributed by atoms with van der Waals surface area (Å²) in [6.07, 6.45) is 6.00. The second-order valence-corrected chi connectivity index (χ2v) is 11.2. The number of esters is 1. The number of hydrogen-bond donors (Lipinski definition) is 2. The summed E-state index contributed by atoms with van der Waals surface area (Å²) >= 11 is 0. The van der Waals surface area contributed by atoms with Crippen molar-refractivity contribution in [3.63, 3.8) is 0 Å². The van der Waals surface area contributed by atoms with Gasteiger partial charge in [-0.25, -0.2) is 0 Å². The molecule has 3 rings (SSSR count). The molecule has 0 saturated carbocycles. The Morgan fingerprint density at radius 1 is 0.800 bits per heavy atom. The molecule has 0 radical (unpaired) electrons. The van der Waals surface area contributed by atoms with Crippen LogP contribution in [0.15, 0.2) is 116 Å². The van der Waals surface area contributed by atoms with E-state index in [-0.39, 0.29) is 49.9 Å². The number of aliphatic hydroxyl groups excluding tert-OH is 1. The van der Waals surface area contributed by atoms with Gasteiger partial charge in [0.2, 0.25) is 11.8 Å². The maximum atomic E-state index is 13.6. The van der Waals surface area contributed by atoms with E-state index in [1.807, 2.05) is 91.0 Å². The zero-order chi connectivity index (χ0) is 32.3. The Morgan fingerprint density at radius 3 is 1.93 bits per heavy atom. The molecular formula is C38H46N2O5. The molecule has 3 aromatic rings. The highest BCUT2D eigenvalue weighted by Gasteiger charge is 2.27. The number of hydrogen-bond acceptors (Lipinski definition) is 5. The Hall–Kier alpha value is -4.49. The van der Waals surface area contributed by atoms with E-state index < -0.39 is 12.0 Å². The van der Waals surface area contributed by atoms with Crippen molar-refractivity contribution in [3.05, 3.63) is 133 Å². The van der Waals surface area contributed by atoms with Gasteiger partial charge >= 0.3 is 5.97 Å². The average molecular weight is 611 g/mol. The fourth-order valence-electron chi connectivity index (χ4n) is 5.23. The minimum Gasteiger partial charge on any atom is -0.463 e. The van der Waals surface area contributed by atoms with Gasteiger partial charge in [0.05, 0.1) is 24.5 Å². The lowest BCUT2D eigenvalue weighted by Gasteiger charge is -2.26. The second-order valence-electron chi connectivity index (χ2n) is 11.2. The van der Waals surface area contributed by atoms with Gasteiger partial charge in [0.15, 0.2) is 0 Å². The van der Waals surface area contributed by atoms with E-state index in [9.17, 15) is 19.5 Å². The number of carbonyl (C=O) groups is 3. The largest absolute Gasteiger partial charge is 0.463 e. The molecule has 0 aliphatic carbocycles. The third-order valence-corrected chi connectivity index (χ3v) is 7.66. The Bertz CT molecular complexity index is 1330. The van der Waals surface area contributed by atoms with Crippen molar-refractivity contribution in [3.8, 4) is 0 Å². The van der Waals surface area contributed by atoms with Gasteiger partial charge in [-0.3, -0.25) is 14.4 Å². The molecule has 2 N–H and O–H groups in total. The van der Waals surface area contributed by atoms with Crippen molar-refractivity contribution in [2.75, 3.05) is 19.8 Å². The summed E-state index contributed by atoms with van der Waals surface area (Å²) in [5.41, 5.74) is 2.98. The first-order valence-corrected chi connectivity index (χ1v) is 15.6. The number of ether oxygens (including phenoxy) is 1. The van der Waals surface area contributed by atoms with E-state index in [0.29, 0.717) is 38.6 Å². The summed E-state index contributed by atoms with van der Waals surface area (Å²) in [5.74, 6) is -1.86. The number of aliphatic hydroxyl groups is 1. The topological polar surface area (TPSA) is 95.9 Å². The van der Waals surface area contributed by atoms with Crippen LogP contribution in [0.5, 0.6) is 0 Å². The monoisotopic (exact) mass is 610 g/mol. The van der Waals surface area contributed by atoms with Crippen molar-refractivity contribution in [2.24, 2.45) is 11.8 Å². The van der Waals surface area contributed by atoms with Gasteiger partial charge in [0.1, 0.15) is 6.61 Å². The van der Waals surface area contributed by atoms with Crippen LogP contribution in [0.25, 0.3) is 0 Å². The highest BCUT2D eigenvalue weighted by molar-refractivity contribution is 5.86. The van der Waals surface area contributed by atoms with Crippen molar-refractivity contribution < 1.29 is 24.2 Å². The standard InChI is InChI=1S/C38H46N2O5/c1-3-5-22-34(25-30-16-9-6-10-17-30)38(44)45-29-35(26-31-18-11-7-12-19-31)39-37(43)33(15-4-2)27-36(42)40(23-24-41)28-32-20-13-8-14-21-32/h3-4,6-14,16-21,33-35,41H,1-2,5,15,22-29H2,(H,39,43). The smallest absolute Gasteiger partial charge is 0.309 e. The predicted molar refractivity (Wildman–Crippen MR) is 178 cm³/mol. The maximum absolute atomic E-state index is 13.6. The minimum absolute atomic E-state index is 0.00174. The molecule has 3 aromatic carbocycles. The summed E-state index contributed by atoms with van der Waals surface area (Å²) in [6.45, 7) is 7.92. The third kappa shape index (κ3) is 12.6. The number of nitrogens with zero attached hydrogens (tertiary/aromatic N) is 1. The molecule has 0 fully saturated rings. The Morgan fingerprint density at radius 2 is 1.38 bits per heavy atom. The van der Waals surface area contributed by atoms with Crippen molar-refractivity contribution >= 4 is 17.8 Å². The number of rotatable bonds is 20. The van der Waals surface area contributed by atoms with Crippen molar-refractivity contribution in [2.45, 2.75) is 51.1 Å². The van der Waals surface area contributed by atoms with Gasteiger partial charge in [0, 0.05) is 19.5 Å². The number of nitrogens with one attached hydrogen (secondary N) is 1. The molecule has 3 unspecified atom stereocenters. The van der Waals surface area contributed by atoms with Crippen molar-refractivity contribution in [1.29, 1.82) is 0 Å². The summed E-state index contributed by atoms with van der Waals surface area (Å²) in [6, 6.07) is 28.6. The average Bonchev–Trinajstić information content (AvgIpc) is 3.06. The first-order chi connectivity index (χ1) is 21.9. The van der Waals surface area contributed by atoms with Crippen LogP contribution < -0.4 is 5.32 Å². The molecule has 0 heterocycles. The zero-order valence-corrected chi connectivity index (χ0v) is 26.1. The van der Waals surface area contributed by atoms with Gasteiger partial charge in [-0.2, -0.15) is 0 Å². The van der Waals surface area contributed by atoms with Crippen LogP contribution in [0.4, 0.5) is 0 Å². The first-order valence-electron chi connectivity index (χ1n) is 15.6. The highest BCUT2D eigenvalue weighted by Crippen LogP contribution is 2.18. The fourth-order valence-corrected chi connectivity index (χ4v) is 5.23. The van der Waals surface area contributed by atoms with E-state index in [0.717, 1.165) is 16.7 Å². The lowest BCUT2D eigenvalue weighted by atomic mass is 9.95. The van der Waals surface area contributed by atoms with E-state index in [1.54, 1.807) is 17.1 Å². The van der Waals surface area contributed by atoms with Gasteiger partial charge < -0.3 is 20.1 Å². The predicted octanol–water partition coefficient (Wildman–Crippen LogP) is 5.69. The molecule has 0 aromatic heterocycles. The van der Waals surface area contributed by atoms with Crippen LogP contribution in [0.2, 0.25) is 0 Å². The first kappa shape index (κ1) is 35.0. The molecule has 2 amide bonds. The number of amides is 2. The SMILES string of the molecule is C=CCCC(Cc1ccccc1)C(=O)OCC(Cc1ccccc1)NC(=O)C(CC=C)CC(=O)N(CCO)Cc1ccccc1. The Balaban J connectivity index is 1.71. The normalized spacial score (nSPS) is 12.7. The van der Waals surface area contributed by atoms with Crippen LogP contribution >= 0.6 is 0 Å². The summed E-state index contributed by atoms with van der Waals surface area (Å²) < 4.78 is 5.86. The molecule has 238 valence electrons. The summed E-state index contributed by atoms with van der Waals surface area (Å²) in [5, 5.41) is 12.7. The minimum atomic E-state index is -0.667. The number of benzene rings is 3. The fraction of sp³-hybridized carbons (Fsp3) is 0.342. The molecule has 0 aliphatic heterocycles. The lowest BCUT2D eigenvalue weighted by Crippen LogP contribution is -2.45. The molecule has 7 heteroatoms. The van der Waals surface area contributed by atoms with E-state index >= 15 is 0 Å². The molecule has 45 heavy (non-hydrogen) atoms. The van der Waals surface area contributed by atoms with Gasteiger partial charge in [0.25, 0.3) is 0 Å². The van der Waals surface area contributed by atoms with E-state index in [1.165, 1.54) is 0 Å². The quantitative estimate of drug-likeness (QED) is 0.127. The highest BCUT2D eigenvalue weighted by atomic mass is 16.5. The molecule has 7 nitrogen and oxygen atoms in total. The van der Waals surface area contributed by atoms with E-state index in [4.69, 9.17) is 4.74 Å². The van der Waals surface area contributed by atoms with Gasteiger partial charge in [-0.15, -0.1) is 13.2 Å². The molecular weight excluding hydrogens is 564 g/mol. The molecule has 0 aliphatic rings. The van der Waals surface area contributed by atoms with Crippen LogP contribution in [0.3, 0.4) is 0 Å². The Labute approximate surface area is 267 Å². The zero-order valence-electron chi connectivity index (χ0n) is 26.1. The van der Waals surface area contributed by atoms with Crippen LogP contribution in [0.1, 0.15) is 42.4 Å². The van der Waals surface area contributed by atoms with Crippen LogP contribution in [-0.4, -0.2) is 53.6 Å². The Kier molecular flexibility index (Phi) is 15.3. The second kappa shape index (κ2) is 19.7. The summed E-state index contributed by atoms with van der Waals surface area (Å²) in [7, 11) is 0. The van der Waals surface area contributed by atoms with E-state index in [2.05, 4.69) is 18.5 Å². The maximum Gasteiger partial charge on any atom is 0.309 e. The third-order valence-electron chi connectivity index (χ3n) is 7.66. The molecule has 0 spiro atoms. The van der Waals surface area contributed by atoms with Gasteiger partial charge in [-0.1, -0.05) is 103 Å². The number of allylic oxidation sites excluding steroid dienone is 2. The van der Waals surface area contributed by atoms with Crippen molar-refractivity contribution in [1.82, 2.24) is 10.2 Å². The molecule has 0 bridgehead atoms. The lowest BCUT2D eigenvalue weighted by molar-refractivity contribution is -0.150.